The van der Waals surface area contributed by atoms with E-state index in [1.54, 1.807) is 25.3 Å². The third-order valence-corrected chi connectivity index (χ3v) is 6.64. The number of nitrogens with one attached hydrogen (secondary N) is 1. The third-order valence-electron chi connectivity index (χ3n) is 6.01. The van der Waals surface area contributed by atoms with Crippen molar-refractivity contribution in [2.45, 2.75) is 37.3 Å². The zero-order valence-electron chi connectivity index (χ0n) is 19.3. The van der Waals surface area contributed by atoms with Crippen LogP contribution in [0.3, 0.4) is 0 Å². The topological polar surface area (TPSA) is 73.9 Å². The van der Waals surface area contributed by atoms with Gasteiger partial charge in [-0.25, -0.2) is 4.79 Å². The molecular weight excluding hydrogens is 477 g/mol. The maximum atomic E-state index is 12.7. The van der Waals surface area contributed by atoms with Gasteiger partial charge in [0.2, 0.25) is 0 Å². The van der Waals surface area contributed by atoms with E-state index in [9.17, 15) is 9.59 Å². The molecule has 0 saturated carbocycles. The van der Waals surface area contributed by atoms with Crippen LogP contribution in [0.25, 0.3) is 6.08 Å². The van der Waals surface area contributed by atoms with Gasteiger partial charge in [-0.1, -0.05) is 65.7 Å². The molecule has 1 aliphatic heterocycles. The van der Waals surface area contributed by atoms with E-state index in [1.807, 2.05) is 24.3 Å². The molecule has 1 amide bonds. The average molecular weight is 506 g/mol. The fraction of sp³-hybridized carbons (Fsp3) is 0.385. The molecule has 0 radical (unpaired) electrons. The van der Waals surface area contributed by atoms with Crippen LogP contribution >= 0.6 is 23.2 Å². The van der Waals surface area contributed by atoms with E-state index in [0.29, 0.717) is 6.61 Å². The van der Waals surface area contributed by atoms with Gasteiger partial charge in [-0.05, 0) is 42.5 Å². The number of carbonyl (C=O) groups is 2. The van der Waals surface area contributed by atoms with Gasteiger partial charge in [0.1, 0.15) is 6.04 Å². The zero-order chi connectivity index (χ0) is 24.6. The number of amides is 1. The molecule has 2 aromatic carbocycles. The fourth-order valence-electron chi connectivity index (χ4n) is 4.07. The number of rotatable bonds is 8. The molecule has 0 aromatic heterocycles. The van der Waals surface area contributed by atoms with Crippen LogP contribution in [0.1, 0.15) is 47.2 Å². The fourth-order valence-corrected chi connectivity index (χ4v) is 4.64. The first kappa shape index (κ1) is 26.2. The molecule has 1 N–H and O–H groups in total. The van der Waals surface area contributed by atoms with Gasteiger partial charge in [-0.3, -0.25) is 4.79 Å². The van der Waals surface area contributed by atoms with Crippen LogP contribution in [0.5, 0.6) is 0 Å². The molecule has 1 saturated heterocycles. The molecule has 1 fully saturated rings. The van der Waals surface area contributed by atoms with Gasteiger partial charge >= 0.3 is 5.97 Å². The van der Waals surface area contributed by atoms with Crippen molar-refractivity contribution < 1.29 is 23.8 Å². The molecule has 1 aliphatic rings. The Labute approximate surface area is 210 Å². The minimum absolute atomic E-state index is 0.121. The molecule has 6 nitrogen and oxygen atoms in total. The van der Waals surface area contributed by atoms with Crippen LogP contribution < -0.4 is 5.32 Å². The molecule has 2 aromatic rings. The molecular formula is C26H29Cl2NO5. The molecule has 2 atom stereocenters. The molecule has 0 bridgehead atoms. The molecule has 8 heteroatoms. The van der Waals surface area contributed by atoms with Crippen molar-refractivity contribution >= 4 is 41.2 Å². The van der Waals surface area contributed by atoms with Gasteiger partial charge in [0.05, 0.1) is 28.3 Å². The predicted molar refractivity (Wildman–Crippen MR) is 133 cm³/mol. The summed E-state index contributed by atoms with van der Waals surface area (Å²) in [5.41, 5.74) is 1.87. The maximum absolute atomic E-state index is 12.7. The number of hydrogen-bond donors (Lipinski definition) is 1. The van der Waals surface area contributed by atoms with E-state index in [4.69, 9.17) is 37.4 Å². The number of esters is 1. The quantitative estimate of drug-likeness (QED) is 0.485. The lowest BCUT2D eigenvalue weighted by Gasteiger charge is -2.31. The highest BCUT2D eigenvalue weighted by Gasteiger charge is 2.33. The van der Waals surface area contributed by atoms with Crippen molar-refractivity contribution in [3.63, 3.8) is 0 Å². The molecule has 1 heterocycles. The minimum Gasteiger partial charge on any atom is -0.467 e. The summed E-state index contributed by atoms with van der Waals surface area (Å²) in [6.45, 7) is 1.43. The third kappa shape index (κ3) is 6.39. The Kier molecular flexibility index (Phi) is 9.54. The summed E-state index contributed by atoms with van der Waals surface area (Å²) in [7, 11) is 3.02. The van der Waals surface area contributed by atoms with Crippen molar-refractivity contribution in [3.05, 3.63) is 75.3 Å². The first-order valence-corrected chi connectivity index (χ1v) is 11.9. The standard InChI is InChI=1S/C26H29Cl2NO5/c1-32-25(31)22(29-24(30)23-20(27)7-4-8-21(23)28)9-3-6-18-10-12-19(13-11-18)26(33-2)14-5-16-34-17-15-26/h3-4,6-8,10-13,22H,5,9,14-17H2,1-2H3,(H,29,30)/b6-3+. The number of halogens is 2. The van der Waals surface area contributed by atoms with Gasteiger partial charge in [-0.2, -0.15) is 0 Å². The Morgan fingerprint density at radius 2 is 1.79 bits per heavy atom. The number of benzene rings is 2. The lowest BCUT2D eigenvalue weighted by atomic mass is 9.86. The summed E-state index contributed by atoms with van der Waals surface area (Å²) < 4.78 is 16.4. The van der Waals surface area contributed by atoms with Crippen molar-refractivity contribution in [1.82, 2.24) is 5.32 Å². The minimum atomic E-state index is -0.886. The summed E-state index contributed by atoms with van der Waals surface area (Å²) in [5, 5.41) is 3.07. The van der Waals surface area contributed by atoms with Gasteiger partial charge in [0, 0.05) is 26.7 Å². The summed E-state index contributed by atoms with van der Waals surface area (Å²) in [6, 6.07) is 12.0. The Bertz CT molecular complexity index is 994. The van der Waals surface area contributed by atoms with E-state index in [1.165, 1.54) is 7.11 Å². The monoisotopic (exact) mass is 505 g/mol. The highest BCUT2D eigenvalue weighted by molar-refractivity contribution is 6.39. The van der Waals surface area contributed by atoms with Crippen molar-refractivity contribution in [1.29, 1.82) is 0 Å². The first-order valence-electron chi connectivity index (χ1n) is 11.1. The summed E-state index contributed by atoms with van der Waals surface area (Å²) >= 11 is 12.2. The van der Waals surface area contributed by atoms with Crippen molar-refractivity contribution in [3.8, 4) is 0 Å². The number of carbonyl (C=O) groups excluding carboxylic acids is 2. The SMILES string of the molecule is COC(=O)C(C/C=C/c1ccc(C2(OC)CCCOCC2)cc1)NC(=O)c1c(Cl)cccc1Cl. The maximum Gasteiger partial charge on any atom is 0.328 e. The Morgan fingerprint density at radius 1 is 1.09 bits per heavy atom. The van der Waals surface area contributed by atoms with Crippen LogP contribution in [0, 0.1) is 0 Å². The van der Waals surface area contributed by atoms with E-state index in [-0.39, 0.29) is 27.6 Å². The van der Waals surface area contributed by atoms with Crippen molar-refractivity contribution in [2.75, 3.05) is 27.4 Å². The number of hydrogen-bond acceptors (Lipinski definition) is 5. The van der Waals surface area contributed by atoms with E-state index in [2.05, 4.69) is 17.4 Å². The van der Waals surface area contributed by atoms with E-state index < -0.39 is 17.9 Å². The van der Waals surface area contributed by atoms with Gasteiger partial charge in [0.15, 0.2) is 0 Å². The molecule has 2 unspecified atom stereocenters. The second-order valence-corrected chi connectivity index (χ2v) is 8.88. The van der Waals surface area contributed by atoms with Gasteiger partial charge < -0.3 is 19.5 Å². The molecule has 0 aliphatic carbocycles. The van der Waals surface area contributed by atoms with Crippen molar-refractivity contribution in [2.24, 2.45) is 0 Å². The average Bonchev–Trinajstić information content (AvgIpc) is 3.10. The Hall–Kier alpha value is -2.38. The molecule has 3 rings (SSSR count). The van der Waals surface area contributed by atoms with Crippen LogP contribution in [0.15, 0.2) is 48.5 Å². The largest absolute Gasteiger partial charge is 0.467 e. The molecule has 182 valence electrons. The van der Waals surface area contributed by atoms with Crippen LogP contribution in [0.2, 0.25) is 10.0 Å². The van der Waals surface area contributed by atoms with Crippen LogP contribution in [-0.4, -0.2) is 45.4 Å². The second kappa shape index (κ2) is 12.4. The highest BCUT2D eigenvalue weighted by Crippen LogP contribution is 2.36. The Morgan fingerprint density at radius 3 is 2.44 bits per heavy atom. The number of methoxy groups -OCH3 is 2. The number of ether oxygens (including phenoxy) is 3. The lowest BCUT2D eigenvalue weighted by molar-refractivity contribution is -0.142. The smallest absolute Gasteiger partial charge is 0.328 e. The van der Waals surface area contributed by atoms with Crippen LogP contribution in [0.4, 0.5) is 0 Å². The molecule has 34 heavy (non-hydrogen) atoms. The Balaban J connectivity index is 1.68. The van der Waals surface area contributed by atoms with E-state index >= 15 is 0 Å². The predicted octanol–water partition coefficient (Wildman–Crippen LogP) is 5.41. The second-order valence-electron chi connectivity index (χ2n) is 8.07. The lowest BCUT2D eigenvalue weighted by Crippen LogP contribution is -2.41. The summed E-state index contributed by atoms with van der Waals surface area (Å²) in [6.07, 6.45) is 6.63. The normalized spacial score (nSPS) is 19.4. The van der Waals surface area contributed by atoms with E-state index in [0.717, 1.165) is 37.0 Å². The first-order chi connectivity index (χ1) is 16.4. The zero-order valence-corrected chi connectivity index (χ0v) is 20.8. The van der Waals surface area contributed by atoms with Crippen LogP contribution in [-0.2, 0) is 24.6 Å². The molecule has 0 spiro atoms. The summed E-state index contributed by atoms with van der Waals surface area (Å²) in [5.74, 6) is -1.10. The summed E-state index contributed by atoms with van der Waals surface area (Å²) in [4.78, 5) is 24.9. The highest BCUT2D eigenvalue weighted by atomic mass is 35.5. The van der Waals surface area contributed by atoms with Gasteiger partial charge in [0.25, 0.3) is 5.91 Å². The van der Waals surface area contributed by atoms with Gasteiger partial charge in [-0.15, -0.1) is 0 Å².